The van der Waals surface area contributed by atoms with Crippen molar-refractivity contribution >= 4 is 11.3 Å². The molecule has 0 unspecified atom stereocenters. The average Bonchev–Trinajstić information content (AvgIpc) is 3.34. The normalized spacial score (nSPS) is 13.5. The second kappa shape index (κ2) is 9.58. The van der Waals surface area contributed by atoms with Crippen LogP contribution in [0.2, 0.25) is 0 Å². The number of nitrogens with zero attached hydrogens (tertiary/aromatic N) is 1. The molecule has 0 bridgehead atoms. The standard InChI is InChI=1S/C26H23F3N2O2S/c1-25(30,16-32)24-31-14-23(34-24)20-11-12-22(21(13-20)26(27,28)29)33-15-17-7-9-19(10-8-17)18-5-3-2-4-6-18/h2-14,32H,15-16,30H2,1H3/t25-/m0/s1. The maximum Gasteiger partial charge on any atom is 0.419 e. The third-order valence-electron chi connectivity index (χ3n) is 5.35. The lowest BCUT2D eigenvalue weighted by Gasteiger charge is -2.18. The highest BCUT2D eigenvalue weighted by Gasteiger charge is 2.35. The smallest absolute Gasteiger partial charge is 0.419 e. The summed E-state index contributed by atoms with van der Waals surface area (Å²) in [5.41, 5.74) is 7.25. The summed E-state index contributed by atoms with van der Waals surface area (Å²) in [7, 11) is 0. The van der Waals surface area contributed by atoms with E-state index in [1.807, 2.05) is 54.6 Å². The van der Waals surface area contributed by atoms with Crippen LogP contribution in [0.5, 0.6) is 5.75 Å². The molecule has 0 aliphatic carbocycles. The van der Waals surface area contributed by atoms with Gasteiger partial charge in [0, 0.05) is 6.20 Å². The fourth-order valence-electron chi connectivity index (χ4n) is 3.35. The van der Waals surface area contributed by atoms with Crippen LogP contribution in [0.15, 0.2) is 79.0 Å². The number of aliphatic hydroxyl groups is 1. The molecule has 34 heavy (non-hydrogen) atoms. The molecule has 4 aromatic rings. The Morgan fingerprint density at radius 2 is 1.59 bits per heavy atom. The first kappa shape index (κ1) is 23.9. The summed E-state index contributed by atoms with van der Waals surface area (Å²) in [6, 6.07) is 21.3. The number of thiazole rings is 1. The van der Waals surface area contributed by atoms with Crippen molar-refractivity contribution in [3.05, 3.63) is 95.1 Å². The topological polar surface area (TPSA) is 68.4 Å². The maximum atomic E-state index is 13.8. The molecule has 0 saturated heterocycles. The van der Waals surface area contributed by atoms with E-state index in [0.29, 0.717) is 15.4 Å². The Labute approximate surface area is 199 Å². The summed E-state index contributed by atoms with van der Waals surface area (Å²) in [5.74, 6) is -0.243. The van der Waals surface area contributed by atoms with E-state index in [1.54, 1.807) is 13.0 Å². The molecule has 0 fully saturated rings. The lowest BCUT2D eigenvalue weighted by Crippen LogP contribution is -2.36. The van der Waals surface area contributed by atoms with Gasteiger partial charge in [0.2, 0.25) is 0 Å². The van der Waals surface area contributed by atoms with Crippen LogP contribution >= 0.6 is 11.3 Å². The van der Waals surface area contributed by atoms with E-state index in [-0.39, 0.29) is 19.0 Å². The van der Waals surface area contributed by atoms with Gasteiger partial charge in [-0.15, -0.1) is 11.3 Å². The summed E-state index contributed by atoms with van der Waals surface area (Å²) in [4.78, 5) is 4.70. The Morgan fingerprint density at radius 1 is 0.941 bits per heavy atom. The molecule has 3 N–H and O–H groups in total. The maximum absolute atomic E-state index is 13.8. The van der Waals surface area contributed by atoms with E-state index >= 15 is 0 Å². The van der Waals surface area contributed by atoms with Gasteiger partial charge in [0.15, 0.2) is 0 Å². The number of benzene rings is 3. The first-order valence-electron chi connectivity index (χ1n) is 10.5. The molecule has 8 heteroatoms. The zero-order chi connectivity index (χ0) is 24.3. The van der Waals surface area contributed by atoms with Crippen LogP contribution in [0.3, 0.4) is 0 Å². The second-order valence-electron chi connectivity index (χ2n) is 8.17. The zero-order valence-corrected chi connectivity index (χ0v) is 19.2. The van der Waals surface area contributed by atoms with Crippen molar-refractivity contribution in [2.45, 2.75) is 25.2 Å². The molecule has 0 radical (unpaired) electrons. The highest BCUT2D eigenvalue weighted by atomic mass is 32.1. The molecule has 0 saturated carbocycles. The molecule has 1 atom stereocenters. The Hall–Kier alpha value is -3.20. The Bertz CT molecular complexity index is 1250. The van der Waals surface area contributed by atoms with Gasteiger partial charge in [-0.2, -0.15) is 13.2 Å². The van der Waals surface area contributed by atoms with Crippen LogP contribution in [0, 0.1) is 0 Å². The highest BCUT2D eigenvalue weighted by Crippen LogP contribution is 2.40. The number of alkyl halides is 3. The van der Waals surface area contributed by atoms with Gasteiger partial charge in [-0.25, -0.2) is 4.98 Å². The molecule has 3 aromatic carbocycles. The lowest BCUT2D eigenvalue weighted by atomic mass is 10.0. The zero-order valence-electron chi connectivity index (χ0n) is 18.3. The summed E-state index contributed by atoms with van der Waals surface area (Å²) in [6.07, 6.45) is -3.13. The van der Waals surface area contributed by atoms with Crippen molar-refractivity contribution in [2.24, 2.45) is 5.73 Å². The molecular weight excluding hydrogens is 461 g/mol. The van der Waals surface area contributed by atoms with Gasteiger partial charge in [-0.05, 0) is 47.4 Å². The quantitative estimate of drug-likeness (QED) is 0.326. The van der Waals surface area contributed by atoms with Crippen LogP contribution in [0.4, 0.5) is 13.2 Å². The van der Waals surface area contributed by atoms with Gasteiger partial charge in [0.25, 0.3) is 0 Å². The summed E-state index contributed by atoms with van der Waals surface area (Å²) in [6.45, 7) is 1.29. The number of hydrogen-bond donors (Lipinski definition) is 2. The van der Waals surface area contributed by atoms with Gasteiger partial charge in [-0.3, -0.25) is 0 Å². The van der Waals surface area contributed by atoms with Crippen LogP contribution in [-0.4, -0.2) is 16.7 Å². The molecule has 176 valence electrons. The third-order valence-corrected chi connectivity index (χ3v) is 6.67. The van der Waals surface area contributed by atoms with Crippen LogP contribution in [0.25, 0.3) is 21.6 Å². The number of nitrogens with two attached hydrogens (primary N) is 1. The number of aromatic nitrogens is 1. The van der Waals surface area contributed by atoms with E-state index < -0.39 is 17.3 Å². The number of rotatable bonds is 7. The molecular formula is C26H23F3N2O2S. The minimum absolute atomic E-state index is 0.00420. The van der Waals surface area contributed by atoms with Gasteiger partial charge >= 0.3 is 6.18 Å². The molecule has 0 aliphatic rings. The predicted octanol–water partition coefficient (Wildman–Crippen LogP) is 6.24. The number of ether oxygens (including phenoxy) is 1. The average molecular weight is 485 g/mol. The van der Waals surface area contributed by atoms with Gasteiger partial charge in [-0.1, -0.05) is 54.6 Å². The number of hydrogen-bond acceptors (Lipinski definition) is 5. The van der Waals surface area contributed by atoms with Crippen LogP contribution in [-0.2, 0) is 18.3 Å². The molecule has 1 aromatic heterocycles. The molecule has 4 nitrogen and oxygen atoms in total. The van der Waals surface area contributed by atoms with Crippen molar-refractivity contribution in [2.75, 3.05) is 6.61 Å². The monoisotopic (exact) mass is 484 g/mol. The van der Waals surface area contributed by atoms with E-state index in [2.05, 4.69) is 4.98 Å². The number of aliphatic hydroxyl groups excluding tert-OH is 1. The minimum atomic E-state index is -4.59. The lowest BCUT2D eigenvalue weighted by molar-refractivity contribution is -0.139. The van der Waals surface area contributed by atoms with Crippen molar-refractivity contribution in [1.82, 2.24) is 4.98 Å². The summed E-state index contributed by atoms with van der Waals surface area (Å²) >= 11 is 1.15. The Balaban J connectivity index is 1.54. The predicted molar refractivity (Wildman–Crippen MR) is 127 cm³/mol. The molecule has 1 heterocycles. The fourth-order valence-corrected chi connectivity index (χ4v) is 4.32. The van der Waals surface area contributed by atoms with Crippen molar-refractivity contribution in [3.63, 3.8) is 0 Å². The van der Waals surface area contributed by atoms with Gasteiger partial charge in [0.1, 0.15) is 17.4 Å². The van der Waals surface area contributed by atoms with E-state index in [9.17, 15) is 18.3 Å². The van der Waals surface area contributed by atoms with E-state index in [4.69, 9.17) is 10.5 Å². The second-order valence-corrected chi connectivity index (χ2v) is 9.20. The fraction of sp³-hybridized carbons (Fsp3) is 0.192. The first-order chi connectivity index (χ1) is 16.2. The summed E-state index contributed by atoms with van der Waals surface area (Å²) < 4.78 is 47.0. The Morgan fingerprint density at radius 3 is 2.24 bits per heavy atom. The first-order valence-corrected chi connectivity index (χ1v) is 11.3. The van der Waals surface area contributed by atoms with Gasteiger partial charge < -0.3 is 15.6 Å². The SMILES string of the molecule is C[C@](N)(CO)c1ncc(-c2ccc(OCc3ccc(-c4ccccc4)cc3)c(C(F)(F)F)c2)s1. The molecule has 0 amide bonds. The highest BCUT2D eigenvalue weighted by molar-refractivity contribution is 7.15. The van der Waals surface area contributed by atoms with Crippen molar-refractivity contribution in [1.29, 1.82) is 0 Å². The van der Waals surface area contributed by atoms with E-state index in [0.717, 1.165) is 34.1 Å². The van der Waals surface area contributed by atoms with Gasteiger partial charge in [0.05, 0.1) is 22.6 Å². The van der Waals surface area contributed by atoms with Crippen molar-refractivity contribution in [3.8, 4) is 27.3 Å². The third kappa shape index (κ3) is 5.30. The molecule has 4 rings (SSSR count). The van der Waals surface area contributed by atoms with Crippen LogP contribution in [0.1, 0.15) is 23.1 Å². The number of halogens is 3. The molecule has 0 spiro atoms. The molecule has 0 aliphatic heterocycles. The summed E-state index contributed by atoms with van der Waals surface area (Å²) in [5, 5.41) is 9.86. The van der Waals surface area contributed by atoms with Crippen LogP contribution < -0.4 is 10.5 Å². The Kier molecular flexibility index (Phi) is 6.74. The van der Waals surface area contributed by atoms with Crippen molar-refractivity contribution < 1.29 is 23.0 Å². The van der Waals surface area contributed by atoms with E-state index in [1.165, 1.54) is 12.3 Å². The minimum Gasteiger partial charge on any atom is -0.488 e. The largest absolute Gasteiger partial charge is 0.488 e.